The average Bonchev–Trinajstić information content (AvgIpc) is 2.40. The molecule has 2 heterocycles. The van der Waals surface area contributed by atoms with Crippen LogP contribution in [0.15, 0.2) is 18.3 Å². The van der Waals surface area contributed by atoms with Crippen LogP contribution in [0.5, 0.6) is 0 Å². The first-order valence-corrected chi connectivity index (χ1v) is 5.82. The van der Waals surface area contributed by atoms with Crippen molar-refractivity contribution < 1.29 is 9.53 Å². The van der Waals surface area contributed by atoms with Crippen molar-refractivity contribution in [3.05, 3.63) is 18.3 Å². The molecule has 1 aromatic heterocycles. The molecule has 18 heavy (non-hydrogen) atoms. The molecule has 1 aliphatic rings. The maximum Gasteiger partial charge on any atom is 0.229 e. The zero-order valence-electron chi connectivity index (χ0n) is 10.3. The number of hydrogen-bond donors (Lipinski definition) is 2. The van der Waals surface area contributed by atoms with Crippen LogP contribution < -0.4 is 10.6 Å². The lowest BCUT2D eigenvalue weighted by molar-refractivity contribution is -0.123. The molecule has 100 valence electrons. The van der Waals surface area contributed by atoms with Crippen molar-refractivity contribution in [2.45, 2.75) is 12.8 Å². The number of carbonyl (C=O) groups excluding carboxylic acids is 1. The molecule has 5 nitrogen and oxygen atoms in total. The largest absolute Gasteiger partial charge is 0.381 e. The van der Waals surface area contributed by atoms with Crippen LogP contribution >= 0.6 is 12.4 Å². The quantitative estimate of drug-likeness (QED) is 0.882. The molecule has 0 radical (unpaired) electrons. The van der Waals surface area contributed by atoms with E-state index in [1.54, 1.807) is 13.2 Å². The minimum Gasteiger partial charge on any atom is -0.381 e. The lowest BCUT2D eigenvalue weighted by Gasteiger charge is -2.21. The van der Waals surface area contributed by atoms with Crippen LogP contribution in [-0.4, -0.2) is 31.2 Å². The number of aromatic nitrogens is 1. The van der Waals surface area contributed by atoms with E-state index < -0.39 is 0 Å². The van der Waals surface area contributed by atoms with Gasteiger partial charge < -0.3 is 15.4 Å². The van der Waals surface area contributed by atoms with E-state index >= 15 is 0 Å². The molecule has 1 fully saturated rings. The van der Waals surface area contributed by atoms with Crippen LogP contribution in [0, 0.1) is 5.92 Å². The number of halogens is 1. The zero-order chi connectivity index (χ0) is 12.1. The number of amides is 1. The Morgan fingerprint density at radius 3 is 2.89 bits per heavy atom. The van der Waals surface area contributed by atoms with Crippen LogP contribution in [0.2, 0.25) is 0 Å². The van der Waals surface area contributed by atoms with Gasteiger partial charge in [0.25, 0.3) is 0 Å². The highest BCUT2D eigenvalue weighted by molar-refractivity contribution is 5.92. The van der Waals surface area contributed by atoms with Gasteiger partial charge in [-0.3, -0.25) is 4.79 Å². The average molecular weight is 272 g/mol. The fourth-order valence-corrected chi connectivity index (χ4v) is 1.81. The van der Waals surface area contributed by atoms with Crippen LogP contribution in [0.25, 0.3) is 0 Å². The second-order valence-electron chi connectivity index (χ2n) is 4.09. The summed E-state index contributed by atoms with van der Waals surface area (Å²) in [6.45, 7) is 1.29. The van der Waals surface area contributed by atoms with Gasteiger partial charge in [-0.25, -0.2) is 4.98 Å². The van der Waals surface area contributed by atoms with Crippen molar-refractivity contribution in [1.29, 1.82) is 0 Å². The second-order valence-corrected chi connectivity index (χ2v) is 4.09. The Morgan fingerprint density at radius 1 is 1.50 bits per heavy atom. The standard InChI is InChI=1S/C12H17N3O2.ClH/c1-13-11-5-4-10(7-14-11)15-12(16)9-3-2-6-17-8-9;/h4-5,7,9H,2-3,6,8H2,1H3,(H,13,14)(H,15,16);1H. The van der Waals surface area contributed by atoms with Crippen LogP contribution in [-0.2, 0) is 9.53 Å². The summed E-state index contributed by atoms with van der Waals surface area (Å²) in [5, 5.41) is 5.78. The third-order valence-corrected chi connectivity index (χ3v) is 2.82. The van der Waals surface area contributed by atoms with Crippen LogP contribution in [0.4, 0.5) is 11.5 Å². The molecule has 1 saturated heterocycles. The van der Waals surface area contributed by atoms with Gasteiger partial charge in [-0.05, 0) is 25.0 Å². The van der Waals surface area contributed by atoms with E-state index in [9.17, 15) is 4.79 Å². The summed E-state index contributed by atoms with van der Waals surface area (Å²) in [6.07, 6.45) is 3.50. The number of hydrogen-bond acceptors (Lipinski definition) is 4. The van der Waals surface area contributed by atoms with Crippen molar-refractivity contribution in [1.82, 2.24) is 4.98 Å². The third kappa shape index (κ3) is 3.85. The molecule has 2 N–H and O–H groups in total. The predicted octanol–water partition coefficient (Wildman–Crippen LogP) is 1.91. The lowest BCUT2D eigenvalue weighted by Crippen LogP contribution is -2.30. The third-order valence-electron chi connectivity index (χ3n) is 2.82. The first-order chi connectivity index (χ1) is 8.29. The molecule has 2 rings (SSSR count). The Kier molecular flexibility index (Phi) is 5.88. The number of nitrogens with zero attached hydrogens (tertiary/aromatic N) is 1. The topological polar surface area (TPSA) is 63.2 Å². The zero-order valence-corrected chi connectivity index (χ0v) is 11.1. The maximum absolute atomic E-state index is 11.9. The normalized spacial score (nSPS) is 18.6. The maximum atomic E-state index is 11.9. The minimum atomic E-state index is -0.0345. The number of pyridine rings is 1. The molecule has 0 aromatic carbocycles. The minimum absolute atomic E-state index is 0. The summed E-state index contributed by atoms with van der Waals surface area (Å²) in [5.74, 6) is 0.764. The molecule has 0 aliphatic carbocycles. The van der Waals surface area contributed by atoms with Gasteiger partial charge in [0.15, 0.2) is 0 Å². The molecule has 0 spiro atoms. The number of nitrogens with one attached hydrogen (secondary N) is 2. The number of ether oxygens (including phenoxy) is 1. The van der Waals surface area contributed by atoms with E-state index in [4.69, 9.17) is 4.74 Å². The predicted molar refractivity (Wildman–Crippen MR) is 73.2 cm³/mol. The molecular formula is C12H18ClN3O2. The van der Waals surface area contributed by atoms with Crippen LogP contribution in [0.1, 0.15) is 12.8 Å². The molecule has 1 unspecified atom stereocenters. The molecule has 6 heteroatoms. The van der Waals surface area contributed by atoms with Crippen molar-refractivity contribution >= 4 is 29.8 Å². The molecule has 1 atom stereocenters. The highest BCUT2D eigenvalue weighted by atomic mass is 35.5. The molecule has 0 bridgehead atoms. The molecule has 0 saturated carbocycles. The first kappa shape index (κ1) is 14.7. The summed E-state index contributed by atoms with van der Waals surface area (Å²) >= 11 is 0. The smallest absolute Gasteiger partial charge is 0.229 e. The number of rotatable bonds is 3. The van der Waals surface area contributed by atoms with E-state index in [1.165, 1.54) is 0 Å². The van der Waals surface area contributed by atoms with Crippen molar-refractivity contribution in [2.75, 3.05) is 30.9 Å². The Hall–Kier alpha value is -1.33. The Bertz CT molecular complexity index is 377. The fraction of sp³-hybridized carbons (Fsp3) is 0.500. The van der Waals surface area contributed by atoms with E-state index in [2.05, 4.69) is 15.6 Å². The SMILES string of the molecule is CNc1ccc(NC(=O)C2CCCOC2)cn1.Cl. The number of carbonyl (C=O) groups is 1. The molecule has 1 aliphatic heterocycles. The first-order valence-electron chi connectivity index (χ1n) is 5.82. The van der Waals surface area contributed by atoms with Crippen molar-refractivity contribution in [3.63, 3.8) is 0 Å². The second kappa shape index (κ2) is 7.18. The van der Waals surface area contributed by atoms with E-state index in [0.717, 1.165) is 31.0 Å². The summed E-state index contributed by atoms with van der Waals surface area (Å²) in [4.78, 5) is 16.0. The summed E-state index contributed by atoms with van der Waals surface area (Å²) in [6, 6.07) is 3.66. The van der Waals surface area contributed by atoms with Crippen LogP contribution in [0.3, 0.4) is 0 Å². The van der Waals surface area contributed by atoms with E-state index in [-0.39, 0.29) is 24.2 Å². The summed E-state index contributed by atoms with van der Waals surface area (Å²) in [5.41, 5.74) is 0.722. The lowest BCUT2D eigenvalue weighted by atomic mass is 10.0. The highest BCUT2D eigenvalue weighted by Gasteiger charge is 2.21. The Morgan fingerprint density at radius 2 is 2.33 bits per heavy atom. The molecule has 1 amide bonds. The van der Waals surface area contributed by atoms with Gasteiger partial charge >= 0.3 is 0 Å². The summed E-state index contributed by atoms with van der Waals surface area (Å²) in [7, 11) is 1.81. The van der Waals surface area contributed by atoms with Gasteiger partial charge in [-0.1, -0.05) is 0 Å². The van der Waals surface area contributed by atoms with Gasteiger partial charge in [0.05, 0.1) is 24.4 Å². The fourth-order valence-electron chi connectivity index (χ4n) is 1.81. The van der Waals surface area contributed by atoms with E-state index in [1.807, 2.05) is 12.1 Å². The highest BCUT2D eigenvalue weighted by Crippen LogP contribution is 2.16. The van der Waals surface area contributed by atoms with Crippen molar-refractivity contribution in [2.24, 2.45) is 5.92 Å². The van der Waals surface area contributed by atoms with Gasteiger partial charge in [0.2, 0.25) is 5.91 Å². The molecule has 1 aromatic rings. The van der Waals surface area contributed by atoms with E-state index in [0.29, 0.717) is 6.61 Å². The van der Waals surface area contributed by atoms with Gasteiger partial charge in [-0.2, -0.15) is 0 Å². The Labute approximate surface area is 113 Å². The molecular weight excluding hydrogens is 254 g/mol. The van der Waals surface area contributed by atoms with Gasteiger partial charge in [0, 0.05) is 13.7 Å². The van der Waals surface area contributed by atoms with Crippen molar-refractivity contribution in [3.8, 4) is 0 Å². The monoisotopic (exact) mass is 271 g/mol. The van der Waals surface area contributed by atoms with Gasteiger partial charge in [-0.15, -0.1) is 12.4 Å². The Balaban J connectivity index is 0.00000162. The number of anilines is 2. The summed E-state index contributed by atoms with van der Waals surface area (Å²) < 4.78 is 5.29. The van der Waals surface area contributed by atoms with Gasteiger partial charge in [0.1, 0.15) is 5.82 Å².